The Balaban J connectivity index is 1.59. The molecule has 44 heavy (non-hydrogen) atoms. The lowest BCUT2D eigenvalue weighted by Gasteiger charge is -2.38. The number of ether oxygens (including phenoxy) is 3. The number of likely N-dealkylation sites (N-methyl/N-ethyl adjacent to an activating group) is 1. The van der Waals surface area contributed by atoms with Gasteiger partial charge in [0.15, 0.2) is 0 Å². The number of sulfonamides is 1. The van der Waals surface area contributed by atoms with Crippen molar-refractivity contribution in [2.45, 2.75) is 30.9 Å². The zero-order valence-electron chi connectivity index (χ0n) is 25.3. The minimum Gasteiger partial charge on any atom is -0.497 e. The van der Waals surface area contributed by atoms with Gasteiger partial charge in [0, 0.05) is 30.9 Å². The average Bonchev–Trinajstić information content (AvgIpc) is 3.02. The summed E-state index contributed by atoms with van der Waals surface area (Å²) in [7, 11) is 0.663. The molecule has 0 radical (unpaired) electrons. The Labute approximate surface area is 257 Å². The van der Waals surface area contributed by atoms with Gasteiger partial charge in [-0.05, 0) is 73.7 Å². The number of nitrogens with zero attached hydrogens (tertiary/aromatic N) is 2. The third-order valence-electron chi connectivity index (χ3n) is 7.48. The summed E-state index contributed by atoms with van der Waals surface area (Å²) in [6.45, 7) is 3.53. The number of nitrogens with one attached hydrogen (secondary N) is 2. The molecule has 3 N–H and O–H groups in total. The standard InChI is InChI=1S/C31H38N4O8S/c1-20-17-35(21(2)19-36)30(37)27-16-23(33-31(38)32-22-6-9-24(41-4)10-7-22)8-15-28(27)43-29(20)18-34(3)44(39,40)26-13-11-25(42-5)12-14-26/h6-16,20-21,29,36H,17-19H2,1-5H3,(H2,32,33,38)/t20-,21+,29+/m1/s1. The summed E-state index contributed by atoms with van der Waals surface area (Å²) >= 11 is 0. The number of anilines is 2. The Hall–Kier alpha value is -4.33. The second-order valence-electron chi connectivity index (χ2n) is 10.6. The largest absolute Gasteiger partial charge is 0.497 e. The molecule has 236 valence electrons. The molecule has 0 saturated carbocycles. The molecule has 3 atom stereocenters. The van der Waals surface area contributed by atoms with E-state index in [4.69, 9.17) is 14.2 Å². The minimum absolute atomic E-state index is 0.00518. The molecule has 1 heterocycles. The minimum atomic E-state index is -3.86. The number of rotatable bonds is 10. The summed E-state index contributed by atoms with van der Waals surface area (Å²) in [6.07, 6.45) is -0.648. The number of amides is 3. The van der Waals surface area contributed by atoms with E-state index >= 15 is 0 Å². The maximum absolute atomic E-state index is 13.7. The number of carbonyl (C=O) groups excluding carboxylic acids is 2. The van der Waals surface area contributed by atoms with Crippen LogP contribution in [0.25, 0.3) is 0 Å². The van der Waals surface area contributed by atoms with Crippen molar-refractivity contribution >= 4 is 33.3 Å². The quantitative estimate of drug-likeness (QED) is 0.307. The molecule has 1 aliphatic heterocycles. The van der Waals surface area contributed by atoms with Crippen LogP contribution in [0, 0.1) is 5.92 Å². The number of urea groups is 1. The highest BCUT2D eigenvalue weighted by atomic mass is 32.2. The normalized spacial score (nSPS) is 17.5. The first-order valence-electron chi connectivity index (χ1n) is 14.0. The first-order valence-corrected chi connectivity index (χ1v) is 15.5. The van der Waals surface area contributed by atoms with E-state index in [1.807, 2.05) is 6.92 Å². The maximum atomic E-state index is 13.7. The van der Waals surface area contributed by atoms with Crippen LogP contribution in [0.2, 0.25) is 0 Å². The second kappa shape index (κ2) is 14.0. The van der Waals surface area contributed by atoms with Crippen LogP contribution < -0.4 is 24.8 Å². The topological polar surface area (TPSA) is 147 Å². The van der Waals surface area contributed by atoms with Crippen LogP contribution in [-0.4, -0.2) is 87.8 Å². The highest BCUT2D eigenvalue weighted by molar-refractivity contribution is 7.89. The Morgan fingerprint density at radius 1 is 1.02 bits per heavy atom. The molecule has 0 aliphatic carbocycles. The lowest BCUT2D eigenvalue weighted by Crippen LogP contribution is -2.50. The molecular formula is C31H38N4O8S. The van der Waals surface area contributed by atoms with Gasteiger partial charge >= 0.3 is 6.03 Å². The molecule has 0 aromatic heterocycles. The first-order chi connectivity index (χ1) is 21.0. The van der Waals surface area contributed by atoms with Crippen LogP contribution in [0.5, 0.6) is 17.2 Å². The van der Waals surface area contributed by atoms with Crippen LogP contribution >= 0.6 is 0 Å². The van der Waals surface area contributed by atoms with Crippen LogP contribution in [0.3, 0.4) is 0 Å². The smallest absolute Gasteiger partial charge is 0.323 e. The molecule has 0 unspecified atom stereocenters. The van der Waals surface area contributed by atoms with Crippen LogP contribution in [0.1, 0.15) is 24.2 Å². The fraction of sp³-hybridized carbons (Fsp3) is 0.355. The molecule has 0 fully saturated rings. The van der Waals surface area contributed by atoms with Gasteiger partial charge in [-0.25, -0.2) is 13.2 Å². The molecule has 4 rings (SSSR count). The van der Waals surface area contributed by atoms with E-state index in [2.05, 4.69) is 10.6 Å². The molecule has 1 aliphatic rings. The average molecular weight is 627 g/mol. The van der Waals surface area contributed by atoms with Gasteiger partial charge in [0.05, 0.1) is 43.9 Å². The Morgan fingerprint density at radius 3 is 2.18 bits per heavy atom. The molecular weight excluding hydrogens is 588 g/mol. The van der Waals surface area contributed by atoms with E-state index in [-0.39, 0.29) is 47.7 Å². The number of fused-ring (bicyclic) bond motifs is 1. The molecule has 0 saturated heterocycles. The van der Waals surface area contributed by atoms with Gasteiger partial charge in [-0.15, -0.1) is 0 Å². The van der Waals surface area contributed by atoms with Gasteiger partial charge in [0.2, 0.25) is 10.0 Å². The lowest BCUT2D eigenvalue weighted by atomic mass is 9.99. The number of benzene rings is 3. The highest BCUT2D eigenvalue weighted by Gasteiger charge is 2.35. The van der Waals surface area contributed by atoms with Crippen LogP contribution in [0.15, 0.2) is 71.6 Å². The summed E-state index contributed by atoms with van der Waals surface area (Å²) in [5.41, 5.74) is 1.06. The van der Waals surface area contributed by atoms with Crippen molar-refractivity contribution in [2.75, 3.05) is 51.6 Å². The zero-order chi connectivity index (χ0) is 32.0. The number of aliphatic hydroxyl groups is 1. The second-order valence-corrected chi connectivity index (χ2v) is 12.6. The van der Waals surface area contributed by atoms with Crippen molar-refractivity contribution in [3.05, 3.63) is 72.3 Å². The molecule has 0 spiro atoms. The summed E-state index contributed by atoms with van der Waals surface area (Å²) in [6, 6.07) is 16.6. The molecule has 3 aromatic carbocycles. The van der Waals surface area contributed by atoms with Crippen molar-refractivity contribution in [1.82, 2.24) is 9.21 Å². The Bertz CT molecular complexity index is 1560. The monoisotopic (exact) mass is 626 g/mol. The van der Waals surface area contributed by atoms with Gasteiger partial charge < -0.3 is 34.9 Å². The van der Waals surface area contributed by atoms with Gasteiger partial charge in [-0.2, -0.15) is 4.31 Å². The number of carbonyl (C=O) groups is 2. The van der Waals surface area contributed by atoms with Crippen molar-refractivity contribution in [3.63, 3.8) is 0 Å². The van der Waals surface area contributed by atoms with Crippen molar-refractivity contribution < 1.29 is 37.3 Å². The highest BCUT2D eigenvalue weighted by Crippen LogP contribution is 2.31. The molecule has 12 nitrogen and oxygen atoms in total. The third-order valence-corrected chi connectivity index (χ3v) is 9.31. The molecule has 13 heteroatoms. The van der Waals surface area contributed by atoms with Gasteiger partial charge in [-0.1, -0.05) is 6.92 Å². The summed E-state index contributed by atoms with van der Waals surface area (Å²) < 4.78 is 44.6. The van der Waals surface area contributed by atoms with Crippen LogP contribution in [-0.2, 0) is 10.0 Å². The molecule has 0 bridgehead atoms. The van der Waals surface area contributed by atoms with Gasteiger partial charge in [0.25, 0.3) is 5.91 Å². The predicted octanol–water partition coefficient (Wildman–Crippen LogP) is 3.89. The number of aliphatic hydroxyl groups excluding tert-OH is 1. The fourth-order valence-electron chi connectivity index (χ4n) is 4.77. The fourth-order valence-corrected chi connectivity index (χ4v) is 5.95. The summed E-state index contributed by atoms with van der Waals surface area (Å²) in [5.74, 6) is 0.732. The Kier molecular flexibility index (Phi) is 10.3. The van der Waals surface area contributed by atoms with Crippen molar-refractivity contribution in [2.24, 2.45) is 5.92 Å². The maximum Gasteiger partial charge on any atom is 0.323 e. The van der Waals surface area contributed by atoms with Crippen molar-refractivity contribution in [3.8, 4) is 17.2 Å². The van der Waals surface area contributed by atoms with E-state index < -0.39 is 28.2 Å². The van der Waals surface area contributed by atoms with Crippen LogP contribution in [0.4, 0.5) is 16.2 Å². The predicted molar refractivity (Wildman–Crippen MR) is 166 cm³/mol. The lowest BCUT2D eigenvalue weighted by molar-refractivity contribution is 0.0387. The number of hydrogen-bond acceptors (Lipinski definition) is 8. The molecule has 3 amide bonds. The van der Waals surface area contributed by atoms with E-state index in [1.165, 1.54) is 41.6 Å². The van der Waals surface area contributed by atoms with E-state index in [9.17, 15) is 23.1 Å². The van der Waals surface area contributed by atoms with Gasteiger partial charge in [0.1, 0.15) is 23.4 Å². The third kappa shape index (κ3) is 7.41. The van der Waals surface area contributed by atoms with E-state index in [1.54, 1.807) is 62.6 Å². The molecule has 3 aromatic rings. The van der Waals surface area contributed by atoms with Crippen molar-refractivity contribution in [1.29, 1.82) is 0 Å². The van der Waals surface area contributed by atoms with E-state index in [0.29, 0.717) is 22.9 Å². The van der Waals surface area contributed by atoms with Gasteiger partial charge in [-0.3, -0.25) is 4.79 Å². The zero-order valence-corrected chi connectivity index (χ0v) is 26.1. The van der Waals surface area contributed by atoms with E-state index in [0.717, 1.165) is 0 Å². The summed E-state index contributed by atoms with van der Waals surface area (Å²) in [4.78, 5) is 28.1. The first kappa shape index (κ1) is 32.6. The SMILES string of the molecule is COc1ccc(NC(=O)Nc2ccc3c(c2)C(=O)N([C@@H](C)CO)C[C@@H](C)[C@H](CN(C)S(=O)(=O)c2ccc(OC)cc2)O3)cc1. The number of hydrogen-bond donors (Lipinski definition) is 3. The summed E-state index contributed by atoms with van der Waals surface area (Å²) in [5, 5.41) is 15.4. The number of methoxy groups -OCH3 is 2. The Morgan fingerprint density at radius 2 is 1.59 bits per heavy atom.